The zero-order chi connectivity index (χ0) is 10.2. The molecule has 1 saturated carbocycles. The van der Waals surface area contributed by atoms with Crippen LogP contribution in [0.25, 0.3) is 0 Å². The minimum atomic E-state index is -0.380. The molecule has 0 aromatic carbocycles. The normalized spacial score (nSPS) is 33.2. The molecule has 0 amide bonds. The average molecular weight is 199 g/mol. The largest absolute Gasteiger partial charge is 0.348 e. The van der Waals surface area contributed by atoms with Crippen molar-refractivity contribution in [1.82, 2.24) is 5.32 Å². The Morgan fingerprint density at radius 1 is 1.43 bits per heavy atom. The standard InChI is InChI=1S/C11H21NO2/c1-8(9-4-5-9)12-6-10-7-13-11(2,3)14-10/h8-10,12H,4-7H2,1-3H3. The highest BCUT2D eigenvalue weighted by molar-refractivity contribution is 4.84. The van der Waals surface area contributed by atoms with E-state index in [2.05, 4.69) is 12.2 Å². The van der Waals surface area contributed by atoms with Crippen LogP contribution < -0.4 is 5.32 Å². The molecule has 1 heterocycles. The number of hydrogen-bond acceptors (Lipinski definition) is 3. The monoisotopic (exact) mass is 199 g/mol. The third-order valence-corrected chi connectivity index (χ3v) is 3.06. The summed E-state index contributed by atoms with van der Waals surface area (Å²) < 4.78 is 11.2. The van der Waals surface area contributed by atoms with Crippen LogP contribution in [-0.2, 0) is 9.47 Å². The molecule has 2 aliphatic rings. The summed E-state index contributed by atoms with van der Waals surface area (Å²) in [7, 11) is 0. The highest BCUT2D eigenvalue weighted by Gasteiger charge is 2.33. The van der Waals surface area contributed by atoms with Gasteiger partial charge in [0.25, 0.3) is 0 Å². The maximum Gasteiger partial charge on any atom is 0.163 e. The van der Waals surface area contributed by atoms with Crippen molar-refractivity contribution in [1.29, 1.82) is 0 Å². The molecule has 2 rings (SSSR count). The van der Waals surface area contributed by atoms with Crippen LogP contribution in [0.1, 0.15) is 33.6 Å². The Kier molecular flexibility index (Phi) is 2.82. The summed E-state index contributed by atoms with van der Waals surface area (Å²) in [5.41, 5.74) is 0. The zero-order valence-electron chi connectivity index (χ0n) is 9.38. The highest BCUT2D eigenvalue weighted by Crippen LogP contribution is 2.32. The summed E-state index contributed by atoms with van der Waals surface area (Å²) in [4.78, 5) is 0. The van der Waals surface area contributed by atoms with E-state index in [1.165, 1.54) is 12.8 Å². The molecule has 2 unspecified atom stereocenters. The molecule has 82 valence electrons. The second-order valence-corrected chi connectivity index (χ2v) is 4.99. The molecule has 0 radical (unpaired) electrons. The smallest absolute Gasteiger partial charge is 0.163 e. The maximum atomic E-state index is 5.71. The maximum absolute atomic E-state index is 5.71. The van der Waals surface area contributed by atoms with Gasteiger partial charge in [-0.15, -0.1) is 0 Å². The molecule has 2 atom stereocenters. The first-order valence-corrected chi connectivity index (χ1v) is 5.62. The molecular formula is C11H21NO2. The van der Waals surface area contributed by atoms with Crippen molar-refractivity contribution in [2.45, 2.75) is 51.5 Å². The van der Waals surface area contributed by atoms with Crippen molar-refractivity contribution in [2.24, 2.45) is 5.92 Å². The minimum absolute atomic E-state index is 0.228. The van der Waals surface area contributed by atoms with Gasteiger partial charge in [-0.05, 0) is 39.5 Å². The van der Waals surface area contributed by atoms with Crippen molar-refractivity contribution in [3.8, 4) is 0 Å². The molecule has 3 heteroatoms. The molecule has 1 aliphatic carbocycles. The summed E-state index contributed by atoms with van der Waals surface area (Å²) in [5, 5.41) is 3.52. The Bertz CT molecular complexity index is 201. The van der Waals surface area contributed by atoms with E-state index in [4.69, 9.17) is 9.47 Å². The molecule has 14 heavy (non-hydrogen) atoms. The summed E-state index contributed by atoms with van der Waals surface area (Å²) in [6.45, 7) is 7.84. The predicted molar refractivity (Wildman–Crippen MR) is 55.1 cm³/mol. The van der Waals surface area contributed by atoms with E-state index in [9.17, 15) is 0 Å². The lowest BCUT2D eigenvalue weighted by molar-refractivity contribution is -0.137. The van der Waals surface area contributed by atoms with Crippen LogP contribution in [0.2, 0.25) is 0 Å². The van der Waals surface area contributed by atoms with Gasteiger partial charge in [0.2, 0.25) is 0 Å². The zero-order valence-corrected chi connectivity index (χ0v) is 9.38. The predicted octanol–water partition coefficient (Wildman–Crippen LogP) is 1.53. The van der Waals surface area contributed by atoms with Crippen LogP contribution in [0.3, 0.4) is 0 Å². The molecule has 1 saturated heterocycles. The minimum Gasteiger partial charge on any atom is -0.348 e. The first kappa shape index (κ1) is 10.4. The Morgan fingerprint density at radius 2 is 2.14 bits per heavy atom. The highest BCUT2D eigenvalue weighted by atomic mass is 16.7. The van der Waals surface area contributed by atoms with Gasteiger partial charge in [-0.3, -0.25) is 0 Å². The molecule has 0 bridgehead atoms. The summed E-state index contributed by atoms with van der Waals surface area (Å²) >= 11 is 0. The summed E-state index contributed by atoms with van der Waals surface area (Å²) in [5.74, 6) is 0.528. The molecule has 2 fully saturated rings. The van der Waals surface area contributed by atoms with Crippen molar-refractivity contribution in [3.63, 3.8) is 0 Å². The van der Waals surface area contributed by atoms with E-state index >= 15 is 0 Å². The Morgan fingerprint density at radius 3 is 2.64 bits per heavy atom. The average Bonchev–Trinajstić information content (AvgIpc) is 2.88. The second kappa shape index (κ2) is 3.80. The van der Waals surface area contributed by atoms with E-state index in [-0.39, 0.29) is 11.9 Å². The first-order chi connectivity index (χ1) is 6.57. The van der Waals surface area contributed by atoms with Gasteiger partial charge in [0, 0.05) is 12.6 Å². The van der Waals surface area contributed by atoms with Gasteiger partial charge in [-0.25, -0.2) is 0 Å². The fraction of sp³-hybridized carbons (Fsp3) is 1.00. The number of ether oxygens (including phenoxy) is 2. The van der Waals surface area contributed by atoms with Crippen LogP contribution in [0.15, 0.2) is 0 Å². The van der Waals surface area contributed by atoms with Gasteiger partial charge in [-0.1, -0.05) is 0 Å². The number of nitrogens with one attached hydrogen (secondary N) is 1. The Balaban J connectivity index is 1.66. The van der Waals surface area contributed by atoms with E-state index in [1.807, 2.05) is 13.8 Å². The van der Waals surface area contributed by atoms with Crippen LogP contribution in [0, 0.1) is 5.92 Å². The van der Waals surface area contributed by atoms with Crippen molar-refractivity contribution < 1.29 is 9.47 Å². The summed E-state index contributed by atoms with van der Waals surface area (Å²) in [6, 6.07) is 0.641. The van der Waals surface area contributed by atoms with Gasteiger partial charge in [0.1, 0.15) is 0 Å². The molecule has 3 nitrogen and oxygen atoms in total. The lowest BCUT2D eigenvalue weighted by Crippen LogP contribution is -2.36. The van der Waals surface area contributed by atoms with Crippen molar-refractivity contribution >= 4 is 0 Å². The molecular weight excluding hydrogens is 178 g/mol. The van der Waals surface area contributed by atoms with E-state index < -0.39 is 0 Å². The van der Waals surface area contributed by atoms with E-state index in [0.717, 1.165) is 19.1 Å². The van der Waals surface area contributed by atoms with E-state index in [1.54, 1.807) is 0 Å². The second-order valence-electron chi connectivity index (χ2n) is 4.99. The Hall–Kier alpha value is -0.120. The first-order valence-electron chi connectivity index (χ1n) is 5.62. The third kappa shape index (κ3) is 2.69. The molecule has 1 aliphatic heterocycles. The Labute approximate surface area is 86.2 Å². The van der Waals surface area contributed by atoms with Crippen LogP contribution >= 0.6 is 0 Å². The van der Waals surface area contributed by atoms with Crippen molar-refractivity contribution in [3.05, 3.63) is 0 Å². The van der Waals surface area contributed by atoms with Crippen LogP contribution in [0.5, 0.6) is 0 Å². The van der Waals surface area contributed by atoms with Gasteiger partial charge in [-0.2, -0.15) is 0 Å². The molecule has 0 spiro atoms. The SMILES string of the molecule is CC(NCC1COC(C)(C)O1)C1CC1. The van der Waals surface area contributed by atoms with Gasteiger partial charge >= 0.3 is 0 Å². The summed E-state index contributed by atoms with van der Waals surface area (Å²) in [6.07, 6.45) is 3.01. The number of rotatable bonds is 4. The lowest BCUT2D eigenvalue weighted by Gasteiger charge is -2.19. The van der Waals surface area contributed by atoms with Crippen LogP contribution in [-0.4, -0.2) is 31.1 Å². The van der Waals surface area contributed by atoms with E-state index in [0.29, 0.717) is 6.04 Å². The lowest BCUT2D eigenvalue weighted by atomic mass is 10.2. The van der Waals surface area contributed by atoms with Gasteiger partial charge < -0.3 is 14.8 Å². The number of hydrogen-bond donors (Lipinski definition) is 1. The van der Waals surface area contributed by atoms with Crippen molar-refractivity contribution in [2.75, 3.05) is 13.2 Å². The molecule has 0 aromatic rings. The fourth-order valence-corrected chi connectivity index (χ4v) is 1.94. The van der Waals surface area contributed by atoms with Gasteiger partial charge in [0.05, 0.1) is 12.7 Å². The van der Waals surface area contributed by atoms with Crippen LogP contribution in [0.4, 0.5) is 0 Å². The molecule has 1 N–H and O–H groups in total. The molecule has 0 aromatic heterocycles. The quantitative estimate of drug-likeness (QED) is 0.744. The fourth-order valence-electron chi connectivity index (χ4n) is 1.94. The van der Waals surface area contributed by atoms with Gasteiger partial charge in [0.15, 0.2) is 5.79 Å². The topological polar surface area (TPSA) is 30.5 Å². The third-order valence-electron chi connectivity index (χ3n) is 3.06.